The van der Waals surface area contributed by atoms with Crippen molar-refractivity contribution in [3.63, 3.8) is 0 Å². The highest BCUT2D eigenvalue weighted by Gasteiger charge is 2.34. The van der Waals surface area contributed by atoms with Crippen molar-refractivity contribution in [3.05, 3.63) is 85.1 Å². The monoisotopic (exact) mass is 715 g/mol. The van der Waals surface area contributed by atoms with Crippen molar-refractivity contribution < 1.29 is 32.3 Å². The zero-order chi connectivity index (χ0) is 30.8. The molecule has 4 rings (SSSR count). The van der Waals surface area contributed by atoms with Gasteiger partial charge in [-0.05, 0) is 71.0 Å². The van der Waals surface area contributed by atoms with Crippen LogP contribution in [0.15, 0.2) is 42.7 Å². The van der Waals surface area contributed by atoms with Crippen LogP contribution in [0, 0.1) is 10.5 Å². The molecule has 0 bridgehead atoms. The number of alkyl halides is 3. The summed E-state index contributed by atoms with van der Waals surface area (Å²) in [6.07, 6.45) is -3.57. The maximum atomic E-state index is 13.8. The molecule has 0 saturated carbocycles. The number of benzene rings is 1. The summed E-state index contributed by atoms with van der Waals surface area (Å²) in [5.74, 6) is -0.757. The van der Waals surface area contributed by atoms with E-state index in [1.165, 1.54) is 31.1 Å². The molecular formula is C26H22ClF3IN7O4. The van der Waals surface area contributed by atoms with Crippen LogP contribution in [0.1, 0.15) is 43.4 Å². The number of halogens is 5. The predicted octanol–water partition coefficient (Wildman–Crippen LogP) is 4.80. The van der Waals surface area contributed by atoms with Crippen molar-refractivity contribution >= 4 is 51.9 Å². The molecule has 0 aliphatic heterocycles. The van der Waals surface area contributed by atoms with Crippen LogP contribution in [0.5, 0.6) is 0 Å². The number of ketones is 2. The Balaban J connectivity index is 1.72. The summed E-state index contributed by atoms with van der Waals surface area (Å²) in [6, 6.07) is 7.95. The van der Waals surface area contributed by atoms with Gasteiger partial charge in [0.2, 0.25) is 0 Å². The molecule has 1 amide bonds. The molecule has 42 heavy (non-hydrogen) atoms. The number of likely N-dealkylation sites (N-methyl/N-ethyl adjacent to an activating group) is 1. The minimum absolute atomic E-state index is 0.0248. The van der Waals surface area contributed by atoms with E-state index in [1.54, 1.807) is 25.1 Å². The van der Waals surface area contributed by atoms with E-state index >= 15 is 0 Å². The average molecular weight is 716 g/mol. The Morgan fingerprint density at radius 1 is 1.14 bits per heavy atom. The van der Waals surface area contributed by atoms with Gasteiger partial charge >= 0.3 is 12.3 Å². The lowest BCUT2D eigenvalue weighted by Crippen LogP contribution is -2.32. The van der Waals surface area contributed by atoms with Gasteiger partial charge in [-0.25, -0.2) is 14.5 Å². The third kappa shape index (κ3) is 6.95. The Morgan fingerprint density at radius 2 is 1.88 bits per heavy atom. The maximum Gasteiger partial charge on any atom is 0.436 e. The number of Topliss-reactive ketones (excluding diaryl/α,β-unsaturated/α-hetero) is 2. The number of hydrogen-bond donors (Lipinski definition) is 0. The van der Waals surface area contributed by atoms with E-state index in [2.05, 4.69) is 47.6 Å². The molecule has 16 heteroatoms. The molecule has 0 radical (unpaired) electrons. The van der Waals surface area contributed by atoms with Gasteiger partial charge in [-0.3, -0.25) is 9.59 Å². The Morgan fingerprint density at radius 3 is 2.52 bits per heavy atom. The van der Waals surface area contributed by atoms with Crippen molar-refractivity contribution in [2.24, 2.45) is 0 Å². The second-order valence-electron chi connectivity index (χ2n) is 9.10. The number of hydrogen-bond acceptors (Lipinski definition) is 8. The summed E-state index contributed by atoms with van der Waals surface area (Å²) in [5.41, 5.74) is 0.383. The highest BCUT2D eigenvalue weighted by Crippen LogP contribution is 2.27. The van der Waals surface area contributed by atoms with Crippen LogP contribution in [0.4, 0.5) is 18.0 Å². The maximum absolute atomic E-state index is 13.8. The predicted molar refractivity (Wildman–Crippen MR) is 152 cm³/mol. The SMILES string of the molecule is COC(=O)N(C)CC(=O)c1cc(I)cc(C)c1CC(=O)c1cc(Cn2ncc(C(F)(F)F)n2)nn1-c1ncccc1Cl. The number of ether oxygens (including phenoxy) is 1. The van der Waals surface area contributed by atoms with E-state index in [9.17, 15) is 27.6 Å². The lowest BCUT2D eigenvalue weighted by molar-refractivity contribution is -0.141. The van der Waals surface area contributed by atoms with E-state index in [1.807, 2.05) is 6.07 Å². The van der Waals surface area contributed by atoms with Crippen LogP contribution < -0.4 is 0 Å². The number of methoxy groups -OCH3 is 1. The second kappa shape index (κ2) is 12.6. The largest absolute Gasteiger partial charge is 0.453 e. The van der Waals surface area contributed by atoms with Gasteiger partial charge in [-0.2, -0.15) is 28.2 Å². The summed E-state index contributed by atoms with van der Waals surface area (Å²) < 4.78 is 45.6. The highest BCUT2D eigenvalue weighted by molar-refractivity contribution is 14.1. The molecule has 4 aromatic rings. The van der Waals surface area contributed by atoms with Gasteiger partial charge in [0.1, 0.15) is 12.2 Å². The van der Waals surface area contributed by atoms with E-state index in [0.717, 1.165) is 13.3 Å². The number of aryl methyl sites for hydroxylation is 1. The van der Waals surface area contributed by atoms with Gasteiger partial charge in [0.05, 0.1) is 30.6 Å². The van der Waals surface area contributed by atoms with Gasteiger partial charge in [-0.1, -0.05) is 11.6 Å². The molecule has 1 aromatic carbocycles. The molecule has 3 heterocycles. The fourth-order valence-corrected chi connectivity index (χ4v) is 5.06. The number of carbonyl (C=O) groups is 3. The number of carbonyl (C=O) groups excluding carboxylic acids is 3. The van der Waals surface area contributed by atoms with Gasteiger partial charge in [0.25, 0.3) is 0 Å². The van der Waals surface area contributed by atoms with Crippen molar-refractivity contribution in [1.82, 2.24) is 34.7 Å². The second-order valence-corrected chi connectivity index (χ2v) is 10.8. The molecule has 0 aliphatic carbocycles. The normalized spacial score (nSPS) is 11.4. The summed E-state index contributed by atoms with van der Waals surface area (Å²) in [7, 11) is 2.62. The van der Waals surface area contributed by atoms with Crippen molar-refractivity contribution in [2.75, 3.05) is 20.7 Å². The quantitative estimate of drug-likeness (QED) is 0.179. The standard InChI is InChI=1S/C26H22ClF3IN7O4/c1-14-7-15(31)8-18(22(40)13-36(2)25(41)42-3)17(14)10-21(39)20-9-16(12-37-33-11-23(35-37)26(28,29)30)34-38(20)24-19(27)5-4-6-32-24/h4-9,11H,10,12-13H2,1-3H3. The topological polar surface area (TPSA) is 125 Å². The van der Waals surface area contributed by atoms with Gasteiger partial charge in [0, 0.05) is 28.8 Å². The summed E-state index contributed by atoms with van der Waals surface area (Å²) in [4.78, 5) is 45.0. The van der Waals surface area contributed by atoms with Crippen LogP contribution in [0.25, 0.3) is 5.82 Å². The molecule has 0 N–H and O–H groups in total. The van der Waals surface area contributed by atoms with Gasteiger partial charge in [0.15, 0.2) is 23.1 Å². The number of aromatic nitrogens is 6. The number of rotatable bonds is 9. The average Bonchev–Trinajstić information content (AvgIpc) is 3.57. The lowest BCUT2D eigenvalue weighted by atomic mass is 9.93. The molecule has 220 valence electrons. The molecule has 0 spiro atoms. The zero-order valence-corrected chi connectivity index (χ0v) is 25.2. The number of pyridine rings is 1. The summed E-state index contributed by atoms with van der Waals surface area (Å²) >= 11 is 8.39. The number of nitrogens with zero attached hydrogens (tertiary/aromatic N) is 7. The minimum atomic E-state index is -4.67. The Bertz CT molecular complexity index is 1670. The zero-order valence-electron chi connectivity index (χ0n) is 22.3. The first-order chi connectivity index (χ1) is 19.8. The Kier molecular flexibility index (Phi) is 9.30. The molecule has 0 fully saturated rings. The summed E-state index contributed by atoms with van der Waals surface area (Å²) in [5, 5.41) is 11.6. The van der Waals surface area contributed by atoms with Crippen molar-refractivity contribution in [1.29, 1.82) is 0 Å². The van der Waals surface area contributed by atoms with E-state index in [-0.39, 0.29) is 47.3 Å². The van der Waals surface area contributed by atoms with Gasteiger partial charge in [-0.15, -0.1) is 5.10 Å². The molecule has 0 aliphatic rings. The first-order valence-electron chi connectivity index (χ1n) is 12.1. The Labute approximate surface area is 255 Å². The third-order valence-corrected chi connectivity index (χ3v) is 6.98. The van der Waals surface area contributed by atoms with Crippen molar-refractivity contribution in [3.8, 4) is 5.82 Å². The highest BCUT2D eigenvalue weighted by atomic mass is 127. The molecule has 3 aromatic heterocycles. The molecular weight excluding hydrogens is 694 g/mol. The number of amides is 1. The first kappa shape index (κ1) is 31.1. The summed E-state index contributed by atoms with van der Waals surface area (Å²) in [6.45, 7) is 1.20. The third-order valence-electron chi connectivity index (χ3n) is 6.06. The van der Waals surface area contributed by atoms with E-state index in [0.29, 0.717) is 17.3 Å². The minimum Gasteiger partial charge on any atom is -0.453 e. The first-order valence-corrected chi connectivity index (χ1v) is 13.6. The van der Waals surface area contributed by atoms with E-state index < -0.39 is 29.5 Å². The fourth-order valence-electron chi connectivity index (χ4n) is 4.08. The Hall–Kier alpha value is -3.86. The molecule has 11 nitrogen and oxygen atoms in total. The van der Waals surface area contributed by atoms with Crippen molar-refractivity contribution in [2.45, 2.75) is 26.1 Å². The molecule has 0 saturated heterocycles. The van der Waals surface area contributed by atoms with Crippen LogP contribution in [-0.4, -0.2) is 73.0 Å². The van der Waals surface area contributed by atoms with Gasteiger partial charge < -0.3 is 9.64 Å². The van der Waals surface area contributed by atoms with Crippen LogP contribution in [0.3, 0.4) is 0 Å². The lowest BCUT2D eigenvalue weighted by Gasteiger charge is -2.17. The molecule has 0 unspecified atom stereocenters. The molecule has 0 atom stereocenters. The van der Waals surface area contributed by atoms with Crippen LogP contribution >= 0.6 is 34.2 Å². The fraction of sp³-hybridized carbons (Fsp3) is 0.269. The van der Waals surface area contributed by atoms with Crippen LogP contribution in [0.2, 0.25) is 5.02 Å². The van der Waals surface area contributed by atoms with E-state index in [4.69, 9.17) is 11.6 Å². The smallest absolute Gasteiger partial charge is 0.436 e. The van der Waals surface area contributed by atoms with Crippen LogP contribution in [-0.2, 0) is 23.9 Å².